The van der Waals surface area contributed by atoms with Crippen molar-refractivity contribution in [2.24, 2.45) is 17.3 Å². The molecule has 3 aliphatic rings. The minimum absolute atomic E-state index is 0.0757. The van der Waals surface area contributed by atoms with Gasteiger partial charge < -0.3 is 19.5 Å². The highest BCUT2D eigenvalue weighted by Crippen LogP contribution is 2.57. The molecular formula is C39H41N3O6S. The van der Waals surface area contributed by atoms with Gasteiger partial charge in [0.15, 0.2) is 5.78 Å². The second-order valence-corrected chi connectivity index (χ2v) is 14.5. The van der Waals surface area contributed by atoms with Gasteiger partial charge in [0, 0.05) is 24.8 Å². The summed E-state index contributed by atoms with van der Waals surface area (Å²) in [7, 11) is 1.61. The number of carbonyl (C=O) groups is 3. The molecule has 2 aromatic carbocycles. The van der Waals surface area contributed by atoms with E-state index < -0.39 is 23.5 Å². The summed E-state index contributed by atoms with van der Waals surface area (Å²) in [6.07, 6.45) is 9.11. The Hall–Kier alpha value is -4.57. The number of Topliss-reactive ketones (excluding diaryl/α,β-unsaturated/α-hetero) is 1. The molecule has 0 unspecified atom stereocenters. The Kier molecular flexibility index (Phi) is 9.49. The topological polar surface area (TPSA) is 119 Å². The molecule has 4 heterocycles. The number of allylic oxidation sites excluding steroid dienone is 2. The number of hydrogen-bond donors (Lipinski definition) is 1. The van der Waals surface area contributed by atoms with Gasteiger partial charge in [-0.25, -0.2) is 9.97 Å². The van der Waals surface area contributed by atoms with Crippen molar-refractivity contribution < 1.29 is 29.0 Å². The van der Waals surface area contributed by atoms with Crippen LogP contribution in [-0.4, -0.2) is 63.4 Å². The van der Waals surface area contributed by atoms with Crippen LogP contribution >= 0.6 is 11.3 Å². The molecule has 9 nitrogen and oxygen atoms in total. The highest BCUT2D eigenvalue weighted by Gasteiger charge is 2.61. The zero-order valence-electron chi connectivity index (χ0n) is 27.6. The maximum atomic E-state index is 14.6. The molecule has 2 fully saturated rings. The number of hydrogen-bond acceptors (Lipinski definition) is 8. The molecule has 1 aliphatic carbocycles. The monoisotopic (exact) mass is 679 g/mol. The SMILES string of the molecule is COc1ccc2nc(O[C@@H]3C[C@H]4C(=O)C[C@]5(C(=O)O)C[C@H]5/C=C\CCCCC[C@H](Cc5ccccc5)C(=O)N4C3)c(-c3cccs3)nc2c1. The van der Waals surface area contributed by atoms with Crippen LogP contribution in [0.4, 0.5) is 0 Å². The van der Waals surface area contributed by atoms with Gasteiger partial charge in [-0.2, -0.15) is 0 Å². The Balaban J connectivity index is 1.22. The molecule has 1 saturated carbocycles. The highest BCUT2D eigenvalue weighted by atomic mass is 32.1. The molecule has 1 amide bonds. The number of aliphatic carboxylic acids is 1. The molecule has 1 N–H and O–H groups in total. The van der Waals surface area contributed by atoms with Gasteiger partial charge in [-0.3, -0.25) is 14.4 Å². The van der Waals surface area contributed by atoms with Gasteiger partial charge in [0.1, 0.15) is 17.5 Å². The quantitative estimate of drug-likeness (QED) is 0.205. The summed E-state index contributed by atoms with van der Waals surface area (Å²) >= 11 is 1.52. The highest BCUT2D eigenvalue weighted by molar-refractivity contribution is 7.13. The van der Waals surface area contributed by atoms with Crippen LogP contribution < -0.4 is 9.47 Å². The van der Waals surface area contributed by atoms with Crippen molar-refractivity contribution in [2.45, 2.75) is 69.9 Å². The predicted molar refractivity (Wildman–Crippen MR) is 188 cm³/mol. The first kappa shape index (κ1) is 33.0. The predicted octanol–water partition coefficient (Wildman–Crippen LogP) is 7.14. The lowest BCUT2D eigenvalue weighted by molar-refractivity contribution is -0.147. The summed E-state index contributed by atoms with van der Waals surface area (Å²) in [4.78, 5) is 53.7. The maximum absolute atomic E-state index is 14.6. The minimum atomic E-state index is -1.12. The average Bonchev–Trinajstić information content (AvgIpc) is 3.41. The van der Waals surface area contributed by atoms with Crippen molar-refractivity contribution in [1.82, 2.24) is 14.9 Å². The molecule has 0 bridgehead atoms. The number of benzene rings is 2. The molecule has 1 saturated heterocycles. The number of methoxy groups -OCH3 is 1. The molecule has 2 aliphatic heterocycles. The third-order valence-corrected chi connectivity index (χ3v) is 11.2. The number of aromatic nitrogens is 2. The van der Waals surface area contributed by atoms with E-state index in [1.54, 1.807) is 12.0 Å². The number of rotatable bonds is 7. The molecule has 254 valence electrons. The number of carboxylic acids is 1. The molecule has 2 aromatic heterocycles. The number of ketones is 1. The summed E-state index contributed by atoms with van der Waals surface area (Å²) < 4.78 is 12.0. The van der Waals surface area contributed by atoms with Gasteiger partial charge >= 0.3 is 5.97 Å². The number of nitrogens with zero attached hydrogens (tertiary/aromatic N) is 3. The van der Waals surface area contributed by atoms with Crippen molar-refractivity contribution in [3.63, 3.8) is 0 Å². The summed E-state index contributed by atoms with van der Waals surface area (Å²) in [5, 5.41) is 12.2. The average molecular weight is 680 g/mol. The lowest BCUT2D eigenvalue weighted by atomic mass is 9.90. The summed E-state index contributed by atoms with van der Waals surface area (Å²) in [6.45, 7) is 0.205. The van der Waals surface area contributed by atoms with Crippen LogP contribution in [0.25, 0.3) is 21.6 Å². The molecule has 7 rings (SSSR count). The van der Waals surface area contributed by atoms with Gasteiger partial charge in [-0.05, 0) is 67.2 Å². The van der Waals surface area contributed by atoms with Crippen molar-refractivity contribution >= 4 is 40.0 Å². The van der Waals surface area contributed by atoms with Gasteiger partial charge in [-0.1, -0.05) is 61.4 Å². The number of ether oxygens (including phenoxy) is 2. The van der Waals surface area contributed by atoms with Gasteiger partial charge in [0.05, 0.1) is 41.0 Å². The molecule has 0 radical (unpaired) electrons. The smallest absolute Gasteiger partial charge is 0.310 e. The number of amides is 1. The van der Waals surface area contributed by atoms with Crippen LogP contribution in [0.5, 0.6) is 11.6 Å². The van der Waals surface area contributed by atoms with Gasteiger partial charge in [-0.15, -0.1) is 11.3 Å². The van der Waals surface area contributed by atoms with E-state index in [4.69, 9.17) is 19.4 Å². The van der Waals surface area contributed by atoms with Gasteiger partial charge in [0.25, 0.3) is 0 Å². The fourth-order valence-corrected chi connectivity index (χ4v) is 8.17. The van der Waals surface area contributed by atoms with E-state index in [1.165, 1.54) is 11.3 Å². The Bertz CT molecular complexity index is 1860. The first-order valence-corrected chi connectivity index (χ1v) is 18.1. The van der Waals surface area contributed by atoms with E-state index in [-0.39, 0.29) is 42.9 Å². The third kappa shape index (κ3) is 6.97. The zero-order chi connectivity index (χ0) is 34.0. The van der Waals surface area contributed by atoms with Crippen LogP contribution in [-0.2, 0) is 20.8 Å². The molecule has 5 atom stereocenters. The molecule has 49 heavy (non-hydrogen) atoms. The standard InChI is InChI=1S/C39H41N3O6S/c1-47-28-16-17-30-31(20-28)40-35(34-15-10-18-49-34)36(41-30)48-29-21-32-33(43)23-39(38(45)46)22-27(39)14-9-4-2-3-8-13-26(37(44)42(32)24-29)19-25-11-6-5-7-12-25/h5-7,9-12,14-18,20,26-27,29,32H,2-4,8,13,19,21-24H2,1H3,(H,45,46)/b14-9-/t26-,27-,29-,32+,39-/m1/s1. The second-order valence-electron chi connectivity index (χ2n) is 13.6. The van der Waals surface area contributed by atoms with Crippen molar-refractivity contribution in [2.75, 3.05) is 13.7 Å². The van der Waals surface area contributed by atoms with E-state index >= 15 is 0 Å². The summed E-state index contributed by atoms with van der Waals surface area (Å²) in [5.41, 5.74) is 1.83. The van der Waals surface area contributed by atoms with E-state index in [0.717, 1.165) is 36.1 Å². The second kappa shape index (κ2) is 14.1. The van der Waals surface area contributed by atoms with E-state index in [9.17, 15) is 19.5 Å². The fourth-order valence-electron chi connectivity index (χ4n) is 7.47. The third-order valence-electron chi connectivity index (χ3n) is 10.3. The summed E-state index contributed by atoms with van der Waals surface area (Å²) in [6, 6.07) is 18.6. The van der Waals surface area contributed by atoms with Crippen molar-refractivity contribution in [3.8, 4) is 22.2 Å². The first-order chi connectivity index (χ1) is 23.8. The van der Waals surface area contributed by atoms with Crippen LogP contribution in [0.1, 0.15) is 56.9 Å². The van der Waals surface area contributed by atoms with Crippen LogP contribution in [0, 0.1) is 17.3 Å². The Morgan fingerprint density at radius 3 is 2.67 bits per heavy atom. The van der Waals surface area contributed by atoms with Crippen molar-refractivity contribution in [1.29, 1.82) is 0 Å². The number of carboxylic acid groups (broad SMARTS) is 1. The first-order valence-electron chi connectivity index (χ1n) is 17.2. The normalized spacial score (nSPS) is 26.7. The van der Waals surface area contributed by atoms with Crippen LogP contribution in [0.15, 0.2) is 78.2 Å². The lowest BCUT2D eigenvalue weighted by Gasteiger charge is -2.29. The largest absolute Gasteiger partial charge is 0.497 e. The van der Waals surface area contributed by atoms with Crippen molar-refractivity contribution in [3.05, 3.63) is 83.8 Å². The molecule has 0 spiro atoms. The Morgan fingerprint density at radius 1 is 1.04 bits per heavy atom. The number of carbonyl (C=O) groups excluding carboxylic acids is 2. The fraction of sp³-hybridized carbons (Fsp3) is 0.410. The molecule has 4 aromatic rings. The van der Waals surface area contributed by atoms with Crippen LogP contribution in [0.3, 0.4) is 0 Å². The van der Waals surface area contributed by atoms with E-state index in [2.05, 4.69) is 6.08 Å². The Labute approximate surface area is 290 Å². The van der Waals surface area contributed by atoms with Gasteiger partial charge in [0.2, 0.25) is 11.8 Å². The van der Waals surface area contributed by atoms with E-state index in [1.807, 2.05) is 72.1 Å². The lowest BCUT2D eigenvalue weighted by Crippen LogP contribution is -2.45. The Morgan fingerprint density at radius 2 is 1.90 bits per heavy atom. The summed E-state index contributed by atoms with van der Waals surface area (Å²) in [5.74, 6) is -0.729. The molecular weight excluding hydrogens is 639 g/mol. The number of thiophene rings is 1. The zero-order valence-corrected chi connectivity index (χ0v) is 28.4. The maximum Gasteiger partial charge on any atom is 0.310 e. The van der Waals surface area contributed by atoms with Crippen LogP contribution in [0.2, 0.25) is 0 Å². The minimum Gasteiger partial charge on any atom is -0.497 e. The molecule has 10 heteroatoms. The van der Waals surface area contributed by atoms with E-state index in [0.29, 0.717) is 47.6 Å². The number of fused-ring (bicyclic) bond motifs is 3.